The Kier molecular flexibility index (Phi) is 4.73. The standard InChI is InChI=1S/C15H22O2/c1-12(16)11-13-5-7-14(8-6-13)17-10-9-15(2,3)4/h5-8H,9-11H2,1-4H3. The van der Waals surface area contributed by atoms with Gasteiger partial charge in [-0.1, -0.05) is 32.9 Å². The van der Waals surface area contributed by atoms with Crippen molar-refractivity contribution in [1.29, 1.82) is 0 Å². The van der Waals surface area contributed by atoms with Crippen LogP contribution >= 0.6 is 0 Å². The Morgan fingerprint density at radius 1 is 1.18 bits per heavy atom. The van der Waals surface area contributed by atoms with Gasteiger partial charge in [-0.15, -0.1) is 0 Å². The molecule has 0 atom stereocenters. The van der Waals surface area contributed by atoms with Crippen molar-refractivity contribution in [1.82, 2.24) is 0 Å². The number of Topliss-reactive ketones (excluding diaryl/α,β-unsaturated/α-hetero) is 1. The molecule has 94 valence electrons. The molecule has 0 aromatic heterocycles. The second kappa shape index (κ2) is 5.85. The van der Waals surface area contributed by atoms with Crippen molar-refractivity contribution < 1.29 is 9.53 Å². The van der Waals surface area contributed by atoms with Crippen LogP contribution in [0.3, 0.4) is 0 Å². The van der Waals surface area contributed by atoms with Gasteiger partial charge in [-0.3, -0.25) is 4.79 Å². The van der Waals surface area contributed by atoms with Gasteiger partial charge in [-0.25, -0.2) is 0 Å². The molecule has 0 aliphatic carbocycles. The van der Waals surface area contributed by atoms with E-state index in [1.54, 1.807) is 6.92 Å². The van der Waals surface area contributed by atoms with Gasteiger partial charge in [0.2, 0.25) is 0 Å². The van der Waals surface area contributed by atoms with Gasteiger partial charge in [0.15, 0.2) is 0 Å². The van der Waals surface area contributed by atoms with E-state index in [1.165, 1.54) is 0 Å². The molecule has 0 amide bonds. The maximum Gasteiger partial charge on any atom is 0.134 e. The highest BCUT2D eigenvalue weighted by Crippen LogP contribution is 2.19. The zero-order chi connectivity index (χ0) is 12.9. The van der Waals surface area contributed by atoms with Gasteiger partial charge in [0, 0.05) is 6.42 Å². The number of ether oxygens (including phenoxy) is 1. The van der Waals surface area contributed by atoms with Gasteiger partial charge >= 0.3 is 0 Å². The van der Waals surface area contributed by atoms with E-state index in [1.807, 2.05) is 24.3 Å². The monoisotopic (exact) mass is 234 g/mol. The highest BCUT2D eigenvalue weighted by Gasteiger charge is 2.09. The van der Waals surface area contributed by atoms with Gasteiger partial charge in [0.1, 0.15) is 11.5 Å². The molecule has 0 heterocycles. The lowest BCUT2D eigenvalue weighted by Crippen LogP contribution is -2.11. The van der Waals surface area contributed by atoms with Crippen molar-refractivity contribution in [2.45, 2.75) is 40.5 Å². The topological polar surface area (TPSA) is 26.3 Å². The van der Waals surface area contributed by atoms with Crippen LogP contribution in [0.1, 0.15) is 39.7 Å². The molecule has 1 aromatic rings. The summed E-state index contributed by atoms with van der Waals surface area (Å²) >= 11 is 0. The molecule has 0 aliphatic rings. The third-order valence-corrected chi connectivity index (χ3v) is 2.50. The van der Waals surface area contributed by atoms with Crippen LogP contribution in [0.25, 0.3) is 0 Å². The van der Waals surface area contributed by atoms with Crippen LogP contribution in [-0.2, 0) is 11.2 Å². The lowest BCUT2D eigenvalue weighted by atomic mass is 9.93. The third-order valence-electron chi connectivity index (χ3n) is 2.50. The predicted molar refractivity (Wildman–Crippen MR) is 70.4 cm³/mol. The number of ketones is 1. The van der Waals surface area contributed by atoms with Crippen molar-refractivity contribution in [3.8, 4) is 5.75 Å². The van der Waals surface area contributed by atoms with Gasteiger partial charge in [-0.2, -0.15) is 0 Å². The quantitative estimate of drug-likeness (QED) is 0.777. The number of hydrogen-bond acceptors (Lipinski definition) is 2. The highest BCUT2D eigenvalue weighted by atomic mass is 16.5. The number of rotatable bonds is 5. The van der Waals surface area contributed by atoms with Crippen LogP contribution in [0.4, 0.5) is 0 Å². The Bertz CT molecular complexity index is 358. The Morgan fingerprint density at radius 2 is 1.76 bits per heavy atom. The SMILES string of the molecule is CC(=O)Cc1ccc(OCCC(C)(C)C)cc1. The smallest absolute Gasteiger partial charge is 0.134 e. The van der Waals surface area contributed by atoms with Crippen molar-refractivity contribution in [2.75, 3.05) is 6.61 Å². The molecule has 1 rings (SSSR count). The summed E-state index contributed by atoms with van der Waals surface area (Å²) in [6, 6.07) is 7.77. The molecule has 0 saturated heterocycles. The van der Waals surface area contributed by atoms with E-state index in [9.17, 15) is 4.79 Å². The molecule has 0 saturated carbocycles. The van der Waals surface area contributed by atoms with Gasteiger partial charge < -0.3 is 4.74 Å². The van der Waals surface area contributed by atoms with Gasteiger partial charge in [0.25, 0.3) is 0 Å². The number of carbonyl (C=O) groups is 1. The van der Waals surface area contributed by atoms with Gasteiger partial charge in [0.05, 0.1) is 6.61 Å². The van der Waals surface area contributed by atoms with E-state index in [-0.39, 0.29) is 5.78 Å². The van der Waals surface area contributed by atoms with Crippen molar-refractivity contribution >= 4 is 5.78 Å². The molecule has 1 aromatic carbocycles. The zero-order valence-electron chi connectivity index (χ0n) is 11.2. The number of carbonyl (C=O) groups excluding carboxylic acids is 1. The molecule has 0 spiro atoms. The van der Waals surface area contributed by atoms with E-state index in [0.29, 0.717) is 11.8 Å². The van der Waals surface area contributed by atoms with Crippen LogP contribution in [0.2, 0.25) is 0 Å². The Morgan fingerprint density at radius 3 is 2.24 bits per heavy atom. The summed E-state index contributed by atoms with van der Waals surface area (Å²) in [5.41, 5.74) is 1.34. The largest absolute Gasteiger partial charge is 0.494 e. The van der Waals surface area contributed by atoms with Crippen LogP contribution in [0, 0.1) is 5.41 Å². The minimum atomic E-state index is 0.186. The van der Waals surface area contributed by atoms with Crippen molar-refractivity contribution in [2.24, 2.45) is 5.41 Å². The van der Waals surface area contributed by atoms with E-state index in [2.05, 4.69) is 20.8 Å². The fourth-order valence-corrected chi connectivity index (χ4v) is 1.47. The van der Waals surface area contributed by atoms with E-state index in [4.69, 9.17) is 4.74 Å². The summed E-state index contributed by atoms with van der Waals surface area (Å²) in [5, 5.41) is 0. The van der Waals surface area contributed by atoms with Crippen LogP contribution in [-0.4, -0.2) is 12.4 Å². The summed E-state index contributed by atoms with van der Waals surface area (Å²) in [6.07, 6.45) is 1.53. The molecule has 0 unspecified atom stereocenters. The second-order valence-electron chi connectivity index (χ2n) is 5.68. The molecule has 0 fully saturated rings. The molecule has 17 heavy (non-hydrogen) atoms. The lowest BCUT2D eigenvalue weighted by Gasteiger charge is -2.18. The van der Waals surface area contributed by atoms with E-state index in [0.717, 1.165) is 24.3 Å². The number of benzene rings is 1. The first kappa shape index (κ1) is 13.8. The van der Waals surface area contributed by atoms with Crippen LogP contribution < -0.4 is 4.74 Å². The summed E-state index contributed by atoms with van der Waals surface area (Å²) in [6.45, 7) is 8.94. The van der Waals surface area contributed by atoms with Crippen LogP contribution in [0.15, 0.2) is 24.3 Å². The first-order valence-corrected chi connectivity index (χ1v) is 6.08. The first-order valence-electron chi connectivity index (χ1n) is 6.08. The molecule has 0 N–H and O–H groups in total. The summed E-state index contributed by atoms with van der Waals surface area (Å²) in [5.74, 6) is 1.06. The summed E-state index contributed by atoms with van der Waals surface area (Å²) in [7, 11) is 0. The Hall–Kier alpha value is -1.31. The fraction of sp³-hybridized carbons (Fsp3) is 0.533. The molecular formula is C15H22O2. The van der Waals surface area contributed by atoms with Crippen molar-refractivity contribution in [3.63, 3.8) is 0 Å². The maximum absolute atomic E-state index is 10.9. The molecule has 0 aliphatic heterocycles. The molecule has 2 nitrogen and oxygen atoms in total. The van der Waals surface area contributed by atoms with E-state index < -0.39 is 0 Å². The second-order valence-corrected chi connectivity index (χ2v) is 5.68. The Balaban J connectivity index is 2.43. The zero-order valence-corrected chi connectivity index (χ0v) is 11.2. The molecule has 2 heteroatoms. The predicted octanol–water partition coefficient (Wildman–Crippen LogP) is 3.63. The summed E-state index contributed by atoms with van der Waals surface area (Å²) < 4.78 is 5.66. The fourth-order valence-electron chi connectivity index (χ4n) is 1.47. The minimum absolute atomic E-state index is 0.186. The third kappa shape index (κ3) is 6.10. The highest BCUT2D eigenvalue weighted by molar-refractivity contribution is 5.78. The first-order chi connectivity index (χ1) is 7.87. The minimum Gasteiger partial charge on any atom is -0.494 e. The Labute approximate surface area is 104 Å². The van der Waals surface area contributed by atoms with Crippen LogP contribution in [0.5, 0.6) is 5.75 Å². The van der Waals surface area contributed by atoms with Gasteiger partial charge in [-0.05, 0) is 36.5 Å². The maximum atomic E-state index is 10.9. The molecule has 0 bridgehead atoms. The normalized spacial score (nSPS) is 11.3. The molecular weight excluding hydrogens is 212 g/mol. The summed E-state index contributed by atoms with van der Waals surface area (Å²) in [4.78, 5) is 10.9. The average molecular weight is 234 g/mol. The van der Waals surface area contributed by atoms with E-state index >= 15 is 0 Å². The van der Waals surface area contributed by atoms with Crippen molar-refractivity contribution in [3.05, 3.63) is 29.8 Å². The average Bonchev–Trinajstić information content (AvgIpc) is 2.18. The number of hydrogen-bond donors (Lipinski definition) is 0. The lowest BCUT2D eigenvalue weighted by molar-refractivity contribution is -0.116. The molecule has 0 radical (unpaired) electrons.